The van der Waals surface area contributed by atoms with Gasteiger partial charge in [0.05, 0.1) is 18.2 Å². The number of benzene rings is 2. The summed E-state index contributed by atoms with van der Waals surface area (Å²) >= 11 is 0. The van der Waals surface area contributed by atoms with Gasteiger partial charge in [-0.1, -0.05) is 18.2 Å². The zero-order valence-corrected chi connectivity index (χ0v) is 15.3. The second kappa shape index (κ2) is 6.82. The lowest BCUT2D eigenvalue weighted by Gasteiger charge is -2.07. The van der Waals surface area contributed by atoms with E-state index in [1.54, 1.807) is 48.5 Å². The third kappa shape index (κ3) is 2.94. The molecule has 0 aliphatic carbocycles. The molecule has 0 spiro atoms. The summed E-state index contributed by atoms with van der Waals surface area (Å²) in [5.74, 6) is -0.569. The fourth-order valence-corrected chi connectivity index (χ4v) is 3.15. The summed E-state index contributed by atoms with van der Waals surface area (Å²) in [6.45, 7) is 0. The van der Waals surface area contributed by atoms with Crippen LogP contribution in [-0.2, 0) is 0 Å². The van der Waals surface area contributed by atoms with Gasteiger partial charge in [-0.15, -0.1) is 0 Å². The van der Waals surface area contributed by atoms with E-state index < -0.39 is 11.5 Å². The Balaban J connectivity index is 1.43. The van der Waals surface area contributed by atoms with Crippen LogP contribution in [-0.4, -0.2) is 25.7 Å². The number of para-hydroxylation sites is 1. The summed E-state index contributed by atoms with van der Waals surface area (Å²) in [5.41, 5.74) is 0.919. The number of hydrogen-bond donors (Lipinski definition) is 2. The van der Waals surface area contributed by atoms with Crippen LogP contribution in [0.1, 0.15) is 10.4 Å². The van der Waals surface area contributed by atoms with Gasteiger partial charge in [-0.2, -0.15) is 5.10 Å². The molecule has 2 aromatic carbocycles. The van der Waals surface area contributed by atoms with Crippen molar-refractivity contribution in [3.05, 3.63) is 93.5 Å². The van der Waals surface area contributed by atoms with Gasteiger partial charge in [-0.05, 0) is 36.4 Å². The minimum atomic E-state index is -0.706. The van der Waals surface area contributed by atoms with Crippen molar-refractivity contribution in [3.8, 4) is 5.69 Å². The number of amides is 1. The van der Waals surface area contributed by atoms with Crippen molar-refractivity contribution in [3.63, 3.8) is 0 Å². The molecule has 0 fully saturated rings. The second-order valence-corrected chi connectivity index (χ2v) is 6.51. The predicted molar refractivity (Wildman–Crippen MR) is 110 cm³/mol. The summed E-state index contributed by atoms with van der Waals surface area (Å²) in [6, 6.07) is 15.2. The number of H-pyrrole nitrogens is 1. The molecule has 0 unspecified atom stereocenters. The molecule has 0 aliphatic heterocycles. The summed E-state index contributed by atoms with van der Waals surface area (Å²) in [4.78, 5) is 43.2. The lowest BCUT2D eigenvalue weighted by Crippen LogP contribution is -2.20. The van der Waals surface area contributed by atoms with Crippen LogP contribution >= 0.6 is 0 Å². The number of rotatable bonds is 3. The van der Waals surface area contributed by atoms with Crippen LogP contribution in [0, 0.1) is 0 Å². The fourth-order valence-electron chi connectivity index (χ4n) is 3.15. The smallest absolute Gasteiger partial charge is 0.349 e. The molecule has 0 aliphatic rings. The first-order valence-corrected chi connectivity index (χ1v) is 8.96. The number of nitrogens with one attached hydrogen (secondary N) is 2. The number of carbonyl (C=O) groups excluding carboxylic acids is 1. The Bertz CT molecular complexity index is 1530. The molecule has 3 heterocycles. The zero-order valence-electron chi connectivity index (χ0n) is 15.3. The lowest BCUT2D eigenvalue weighted by atomic mass is 10.1. The summed E-state index contributed by atoms with van der Waals surface area (Å²) in [5, 5.41) is 7.91. The predicted octanol–water partition coefficient (Wildman–Crippen LogP) is 2.47. The second-order valence-electron chi connectivity index (χ2n) is 6.51. The molecule has 0 bridgehead atoms. The third-order valence-electron chi connectivity index (χ3n) is 4.63. The quantitative estimate of drug-likeness (QED) is 0.449. The minimum Gasteiger partial charge on any atom is -0.422 e. The minimum absolute atomic E-state index is 0.0840. The van der Waals surface area contributed by atoms with E-state index in [-0.39, 0.29) is 11.1 Å². The number of fused-ring (bicyclic) bond motifs is 2. The fraction of sp³-hybridized carbons (Fsp3) is 0. The molecule has 1 amide bonds. The molecule has 0 radical (unpaired) electrons. The molecule has 0 saturated heterocycles. The van der Waals surface area contributed by atoms with Gasteiger partial charge < -0.3 is 14.7 Å². The van der Waals surface area contributed by atoms with Gasteiger partial charge in [0.1, 0.15) is 16.5 Å². The highest BCUT2D eigenvalue weighted by atomic mass is 16.4. The van der Waals surface area contributed by atoms with Crippen molar-refractivity contribution in [1.29, 1.82) is 0 Å². The van der Waals surface area contributed by atoms with Gasteiger partial charge in [0.15, 0.2) is 5.65 Å². The number of anilines is 1. The van der Waals surface area contributed by atoms with Gasteiger partial charge in [-0.3, -0.25) is 9.59 Å². The first-order valence-electron chi connectivity index (χ1n) is 8.96. The molecule has 3 aromatic heterocycles. The van der Waals surface area contributed by atoms with Crippen molar-refractivity contribution in [2.45, 2.75) is 0 Å². The SMILES string of the molecule is O=C(Nc1ccc(-n2ncc3c(=O)[nH]cnc32)cc1)c1cc2ccccc2oc1=O. The molecule has 146 valence electrons. The van der Waals surface area contributed by atoms with Gasteiger partial charge in [-0.25, -0.2) is 14.5 Å². The van der Waals surface area contributed by atoms with E-state index in [9.17, 15) is 14.4 Å². The van der Waals surface area contributed by atoms with Crippen molar-refractivity contribution in [2.24, 2.45) is 0 Å². The highest BCUT2D eigenvalue weighted by Gasteiger charge is 2.14. The molecule has 0 atom stereocenters. The van der Waals surface area contributed by atoms with Crippen LogP contribution in [0.4, 0.5) is 5.69 Å². The van der Waals surface area contributed by atoms with E-state index in [1.165, 1.54) is 23.3 Å². The summed E-state index contributed by atoms with van der Waals surface area (Å²) in [6.07, 6.45) is 2.75. The first-order chi connectivity index (χ1) is 14.6. The Morgan fingerprint density at radius 2 is 1.87 bits per heavy atom. The maximum atomic E-state index is 12.6. The van der Waals surface area contributed by atoms with Gasteiger partial charge >= 0.3 is 5.63 Å². The Morgan fingerprint density at radius 3 is 2.70 bits per heavy atom. The lowest BCUT2D eigenvalue weighted by molar-refractivity contribution is 0.102. The third-order valence-corrected chi connectivity index (χ3v) is 4.63. The largest absolute Gasteiger partial charge is 0.422 e. The molecule has 0 saturated carbocycles. The van der Waals surface area contributed by atoms with Gasteiger partial charge in [0, 0.05) is 11.1 Å². The molecule has 2 N–H and O–H groups in total. The monoisotopic (exact) mass is 399 g/mol. The van der Waals surface area contributed by atoms with Crippen molar-refractivity contribution >= 4 is 33.6 Å². The number of hydrogen-bond acceptors (Lipinski definition) is 6. The average molecular weight is 399 g/mol. The van der Waals surface area contributed by atoms with E-state index in [2.05, 4.69) is 20.4 Å². The topological polar surface area (TPSA) is 123 Å². The summed E-state index contributed by atoms with van der Waals surface area (Å²) < 4.78 is 6.73. The van der Waals surface area contributed by atoms with Crippen LogP contribution < -0.4 is 16.5 Å². The molecule has 30 heavy (non-hydrogen) atoms. The zero-order chi connectivity index (χ0) is 20.7. The van der Waals surface area contributed by atoms with Crippen LogP contribution in [0.2, 0.25) is 0 Å². The van der Waals surface area contributed by atoms with Gasteiger partial charge in [0.2, 0.25) is 0 Å². The molecule has 5 rings (SSSR count). The summed E-state index contributed by atoms with van der Waals surface area (Å²) in [7, 11) is 0. The highest BCUT2D eigenvalue weighted by molar-refractivity contribution is 6.05. The normalized spacial score (nSPS) is 11.1. The average Bonchev–Trinajstić information content (AvgIpc) is 3.19. The Morgan fingerprint density at radius 1 is 1.07 bits per heavy atom. The van der Waals surface area contributed by atoms with E-state index in [0.717, 1.165) is 0 Å². The number of aromatic nitrogens is 4. The van der Waals surface area contributed by atoms with E-state index in [0.29, 0.717) is 33.4 Å². The molecule has 9 heteroatoms. The number of aromatic amines is 1. The van der Waals surface area contributed by atoms with Crippen molar-refractivity contribution in [2.75, 3.05) is 5.32 Å². The van der Waals surface area contributed by atoms with Gasteiger partial charge in [0.25, 0.3) is 11.5 Å². The Hall–Kier alpha value is -4.53. The Labute approximate surface area is 167 Å². The number of carbonyl (C=O) groups is 1. The number of nitrogens with zero attached hydrogens (tertiary/aromatic N) is 3. The van der Waals surface area contributed by atoms with E-state index in [4.69, 9.17) is 4.42 Å². The van der Waals surface area contributed by atoms with Crippen LogP contribution in [0.3, 0.4) is 0 Å². The molecule has 5 aromatic rings. The van der Waals surface area contributed by atoms with Crippen molar-refractivity contribution in [1.82, 2.24) is 19.7 Å². The highest BCUT2D eigenvalue weighted by Crippen LogP contribution is 2.18. The molecular weight excluding hydrogens is 386 g/mol. The van der Waals surface area contributed by atoms with Crippen molar-refractivity contribution < 1.29 is 9.21 Å². The maximum absolute atomic E-state index is 12.6. The Kier molecular flexibility index (Phi) is 3.99. The first kappa shape index (κ1) is 17.6. The van der Waals surface area contributed by atoms with E-state index in [1.807, 2.05) is 0 Å². The van der Waals surface area contributed by atoms with E-state index >= 15 is 0 Å². The van der Waals surface area contributed by atoms with Crippen LogP contribution in [0.15, 0.2) is 81.1 Å². The molecule has 9 nitrogen and oxygen atoms in total. The van der Waals surface area contributed by atoms with Crippen LogP contribution in [0.25, 0.3) is 27.7 Å². The standard InChI is InChI=1S/C21H13N5O4/c27-19-16-10-24-26(18(16)22-11-23-19)14-7-5-13(6-8-14)25-20(28)15-9-12-3-1-2-4-17(12)30-21(15)29/h1-11H,(H,25,28)(H,22,23,27). The van der Waals surface area contributed by atoms with Crippen LogP contribution in [0.5, 0.6) is 0 Å². The molecular formula is C21H13N5O4. The maximum Gasteiger partial charge on any atom is 0.349 e.